The number of hydrazone groups is 1. The first-order valence-electron chi connectivity index (χ1n) is 8.39. The van der Waals surface area contributed by atoms with Crippen molar-refractivity contribution in [3.05, 3.63) is 36.3 Å². The van der Waals surface area contributed by atoms with Gasteiger partial charge in [-0.1, -0.05) is 0 Å². The fraction of sp³-hybridized carbons (Fsp3) is 0.294. The zero-order valence-corrected chi connectivity index (χ0v) is 15.0. The van der Waals surface area contributed by atoms with Gasteiger partial charge in [0.15, 0.2) is 11.6 Å². The SMILES string of the molecule is NN=C(C=Nc1ccc(F)c(OC(F)F)c1)COc1nccc(NC2COC2)n1. The fourth-order valence-electron chi connectivity index (χ4n) is 2.17. The van der Waals surface area contributed by atoms with Gasteiger partial charge >= 0.3 is 12.6 Å². The maximum atomic E-state index is 13.4. The van der Waals surface area contributed by atoms with Crippen LogP contribution in [-0.4, -0.2) is 54.4 Å². The highest BCUT2D eigenvalue weighted by molar-refractivity contribution is 6.31. The molecule has 0 radical (unpaired) electrons. The summed E-state index contributed by atoms with van der Waals surface area (Å²) in [7, 11) is 0. The molecule has 1 saturated heterocycles. The minimum absolute atomic E-state index is 0.0965. The van der Waals surface area contributed by atoms with Crippen LogP contribution in [0.3, 0.4) is 0 Å². The van der Waals surface area contributed by atoms with Crippen LogP contribution in [0.25, 0.3) is 0 Å². The Balaban J connectivity index is 1.58. The highest BCUT2D eigenvalue weighted by Crippen LogP contribution is 2.25. The number of aliphatic imine (C=N–C) groups is 1. The number of ether oxygens (including phenoxy) is 3. The average Bonchev–Trinajstić information content (AvgIpc) is 2.67. The van der Waals surface area contributed by atoms with Gasteiger partial charge in [-0.25, -0.2) is 9.37 Å². The summed E-state index contributed by atoms with van der Waals surface area (Å²) in [5.41, 5.74) is 0.369. The van der Waals surface area contributed by atoms with E-state index >= 15 is 0 Å². The van der Waals surface area contributed by atoms with Crippen molar-refractivity contribution in [3.8, 4) is 11.8 Å². The summed E-state index contributed by atoms with van der Waals surface area (Å²) < 4.78 is 52.6. The third-order valence-corrected chi connectivity index (χ3v) is 3.63. The number of alkyl halides is 2. The first-order valence-corrected chi connectivity index (χ1v) is 8.39. The summed E-state index contributed by atoms with van der Waals surface area (Å²) in [6.45, 7) is -2.04. The number of halogens is 3. The number of rotatable bonds is 9. The number of nitrogens with zero attached hydrogens (tertiary/aromatic N) is 4. The highest BCUT2D eigenvalue weighted by atomic mass is 19.3. The first-order chi connectivity index (χ1) is 14.0. The minimum atomic E-state index is -3.15. The Bertz CT molecular complexity index is 892. The van der Waals surface area contributed by atoms with Gasteiger partial charge in [-0.15, -0.1) is 0 Å². The van der Waals surface area contributed by atoms with Gasteiger partial charge in [0.05, 0.1) is 31.2 Å². The van der Waals surface area contributed by atoms with E-state index in [4.69, 9.17) is 15.3 Å². The molecular weight excluding hydrogens is 393 g/mol. The number of benzene rings is 1. The Morgan fingerprint density at radius 3 is 2.90 bits per heavy atom. The average molecular weight is 410 g/mol. The van der Waals surface area contributed by atoms with Gasteiger partial charge in [0.25, 0.3) is 0 Å². The predicted octanol–water partition coefficient (Wildman–Crippen LogP) is 2.12. The summed E-state index contributed by atoms with van der Waals surface area (Å²) in [6, 6.07) is 5.24. The lowest BCUT2D eigenvalue weighted by Gasteiger charge is -2.27. The Kier molecular flexibility index (Phi) is 6.79. The second kappa shape index (κ2) is 9.68. The molecule has 1 aromatic carbocycles. The van der Waals surface area contributed by atoms with Gasteiger partial charge < -0.3 is 25.4 Å². The van der Waals surface area contributed by atoms with Gasteiger partial charge in [-0.2, -0.15) is 18.9 Å². The van der Waals surface area contributed by atoms with Crippen molar-refractivity contribution in [2.24, 2.45) is 15.9 Å². The van der Waals surface area contributed by atoms with Crippen LogP contribution >= 0.6 is 0 Å². The van der Waals surface area contributed by atoms with E-state index < -0.39 is 18.2 Å². The third-order valence-electron chi connectivity index (χ3n) is 3.63. The van der Waals surface area contributed by atoms with E-state index in [2.05, 4.69) is 30.1 Å². The second-order valence-electron chi connectivity index (χ2n) is 5.76. The van der Waals surface area contributed by atoms with Crippen LogP contribution in [0.15, 0.2) is 40.6 Å². The monoisotopic (exact) mass is 410 g/mol. The van der Waals surface area contributed by atoms with Crippen LogP contribution in [0.1, 0.15) is 0 Å². The largest absolute Gasteiger partial charge is 0.457 e. The quantitative estimate of drug-likeness (QED) is 0.370. The molecule has 3 rings (SSSR count). The summed E-state index contributed by atoms with van der Waals surface area (Å²) in [6.07, 6.45) is 2.77. The topological polar surface area (TPSA) is 116 Å². The van der Waals surface area contributed by atoms with E-state index in [1.807, 2.05) is 0 Å². The standard InChI is InChI=1S/C17H17F3N6O3/c18-13-2-1-10(5-14(13)29-16(19)20)23-6-11(26-21)9-28-17-22-4-3-15(25-17)24-12-7-27-8-12/h1-6,12,16H,7-9,21H2,(H,22,24,25). The van der Waals surface area contributed by atoms with Gasteiger partial charge in [-0.05, 0) is 18.2 Å². The zero-order chi connectivity index (χ0) is 20.6. The van der Waals surface area contributed by atoms with Crippen LogP contribution in [0.4, 0.5) is 24.7 Å². The highest BCUT2D eigenvalue weighted by Gasteiger charge is 2.18. The molecule has 12 heteroatoms. The van der Waals surface area contributed by atoms with Crippen LogP contribution in [-0.2, 0) is 4.74 Å². The summed E-state index contributed by atoms with van der Waals surface area (Å²) in [5.74, 6) is 4.34. The molecule has 0 bridgehead atoms. The lowest BCUT2D eigenvalue weighted by atomic mass is 10.2. The molecule has 1 fully saturated rings. The van der Waals surface area contributed by atoms with Crippen molar-refractivity contribution in [1.82, 2.24) is 9.97 Å². The molecule has 9 nitrogen and oxygen atoms in total. The second-order valence-corrected chi connectivity index (χ2v) is 5.76. The molecule has 0 spiro atoms. The zero-order valence-electron chi connectivity index (χ0n) is 15.0. The third kappa shape index (κ3) is 6.04. The molecule has 0 saturated carbocycles. The number of hydrogen-bond donors (Lipinski definition) is 2. The van der Waals surface area contributed by atoms with Crippen molar-refractivity contribution >= 4 is 23.4 Å². The van der Waals surface area contributed by atoms with E-state index in [0.29, 0.717) is 19.0 Å². The first kappa shape index (κ1) is 20.3. The Hall–Kier alpha value is -3.41. The molecule has 1 aliphatic rings. The fourth-order valence-corrected chi connectivity index (χ4v) is 2.17. The molecule has 0 unspecified atom stereocenters. The number of anilines is 1. The smallest absolute Gasteiger partial charge is 0.387 e. The maximum absolute atomic E-state index is 13.4. The molecular formula is C17H17F3N6O3. The molecule has 29 heavy (non-hydrogen) atoms. The molecule has 0 atom stereocenters. The number of aromatic nitrogens is 2. The summed E-state index contributed by atoms with van der Waals surface area (Å²) in [5, 5.41) is 6.69. The van der Waals surface area contributed by atoms with E-state index in [1.54, 1.807) is 6.07 Å². The van der Waals surface area contributed by atoms with Gasteiger partial charge in [0.2, 0.25) is 0 Å². The Morgan fingerprint density at radius 2 is 2.21 bits per heavy atom. The van der Waals surface area contributed by atoms with Crippen molar-refractivity contribution in [2.75, 3.05) is 25.1 Å². The number of hydrogen-bond acceptors (Lipinski definition) is 9. The van der Waals surface area contributed by atoms with Crippen LogP contribution in [0, 0.1) is 5.82 Å². The van der Waals surface area contributed by atoms with Crippen LogP contribution in [0.2, 0.25) is 0 Å². The molecule has 3 N–H and O–H groups in total. The van der Waals surface area contributed by atoms with E-state index in [9.17, 15) is 13.2 Å². The van der Waals surface area contributed by atoms with E-state index in [1.165, 1.54) is 18.5 Å². The molecule has 0 aliphatic carbocycles. The molecule has 1 aliphatic heterocycles. The molecule has 154 valence electrons. The van der Waals surface area contributed by atoms with Crippen LogP contribution in [0.5, 0.6) is 11.8 Å². The van der Waals surface area contributed by atoms with E-state index in [-0.39, 0.29) is 30.1 Å². The Labute approximate surface area is 163 Å². The normalized spacial score (nSPS) is 14.8. The van der Waals surface area contributed by atoms with Gasteiger partial charge in [0, 0.05) is 12.3 Å². The molecule has 0 amide bonds. The summed E-state index contributed by atoms with van der Waals surface area (Å²) >= 11 is 0. The van der Waals surface area contributed by atoms with Crippen molar-refractivity contribution in [2.45, 2.75) is 12.7 Å². The molecule has 2 heterocycles. The van der Waals surface area contributed by atoms with Crippen LogP contribution < -0.4 is 20.6 Å². The van der Waals surface area contributed by atoms with Gasteiger partial charge in [0.1, 0.15) is 18.1 Å². The van der Waals surface area contributed by atoms with Crippen molar-refractivity contribution in [3.63, 3.8) is 0 Å². The van der Waals surface area contributed by atoms with Crippen molar-refractivity contribution in [1.29, 1.82) is 0 Å². The minimum Gasteiger partial charge on any atom is -0.457 e. The van der Waals surface area contributed by atoms with Crippen molar-refractivity contribution < 1.29 is 27.4 Å². The molecule has 2 aromatic rings. The maximum Gasteiger partial charge on any atom is 0.387 e. The van der Waals surface area contributed by atoms with Gasteiger partial charge in [-0.3, -0.25) is 4.99 Å². The lowest BCUT2D eigenvalue weighted by molar-refractivity contribution is -0.0521. The van der Waals surface area contributed by atoms with E-state index in [0.717, 1.165) is 12.1 Å². The summed E-state index contributed by atoms with van der Waals surface area (Å²) in [4.78, 5) is 12.2. The predicted molar refractivity (Wildman–Crippen MR) is 98.6 cm³/mol. The number of nitrogens with two attached hydrogens (primary N) is 1. The Morgan fingerprint density at radius 1 is 1.38 bits per heavy atom. The number of nitrogens with one attached hydrogen (secondary N) is 1. The molecule has 1 aromatic heterocycles. The lowest BCUT2D eigenvalue weighted by Crippen LogP contribution is -2.40.